The van der Waals surface area contributed by atoms with E-state index in [4.69, 9.17) is 4.55 Å². The number of rotatable bonds is 3. The molecule has 2 fully saturated rings. The molecule has 2 heterocycles. The molecular weight excluding hydrogens is 414 g/mol. The van der Waals surface area contributed by atoms with Gasteiger partial charge in [-0.3, -0.25) is 4.55 Å². The van der Waals surface area contributed by atoms with Crippen molar-refractivity contribution in [3.8, 4) is 0 Å². The Morgan fingerprint density at radius 3 is 1.88 bits per heavy atom. The van der Waals surface area contributed by atoms with Gasteiger partial charge in [0.15, 0.2) is 15.3 Å². The minimum atomic E-state index is -7.12. The van der Waals surface area contributed by atoms with E-state index in [0.29, 0.717) is 0 Å². The summed E-state index contributed by atoms with van der Waals surface area (Å²) in [7, 11) is -10.9. The lowest BCUT2D eigenvalue weighted by Crippen LogP contribution is -2.68. The lowest BCUT2D eigenvalue weighted by molar-refractivity contribution is -0.275. The highest BCUT2D eigenvalue weighted by Crippen LogP contribution is 2.50. The van der Waals surface area contributed by atoms with Crippen LogP contribution >= 0.6 is 0 Å². The normalized spacial score (nSPS) is 29.6. The number of carbonyl (C=O) groups is 1. The Morgan fingerprint density at radius 1 is 1.12 bits per heavy atom. The summed E-state index contributed by atoms with van der Waals surface area (Å²) in [6, 6.07) is 0. The van der Waals surface area contributed by atoms with Gasteiger partial charge in [-0.05, 0) is 6.42 Å². The van der Waals surface area contributed by atoms with Crippen molar-refractivity contribution in [1.29, 1.82) is 0 Å². The molecule has 0 aromatic carbocycles. The van der Waals surface area contributed by atoms with Crippen LogP contribution in [0.4, 0.5) is 26.3 Å². The number of esters is 1. The van der Waals surface area contributed by atoms with E-state index in [2.05, 4.69) is 9.47 Å². The van der Waals surface area contributed by atoms with Gasteiger partial charge in [-0.15, -0.1) is 0 Å². The van der Waals surface area contributed by atoms with Crippen molar-refractivity contribution in [3.05, 3.63) is 0 Å². The molecule has 2 aliphatic heterocycles. The van der Waals surface area contributed by atoms with Gasteiger partial charge in [0.05, 0.1) is 5.75 Å². The zero-order valence-corrected chi connectivity index (χ0v) is 13.2. The fourth-order valence-electron chi connectivity index (χ4n) is 2.56. The van der Waals surface area contributed by atoms with Gasteiger partial charge in [0, 0.05) is 5.92 Å². The minimum Gasteiger partial charge on any atom is -0.434 e. The Kier molecular flexibility index (Phi) is 4.39. The highest BCUT2D eigenvalue weighted by Gasteiger charge is 2.85. The molecule has 0 saturated carbocycles. The van der Waals surface area contributed by atoms with Crippen LogP contribution in [0.5, 0.6) is 0 Å². The van der Waals surface area contributed by atoms with Crippen molar-refractivity contribution >= 4 is 25.9 Å². The quantitative estimate of drug-likeness (QED) is 0.394. The molecule has 2 saturated heterocycles. The van der Waals surface area contributed by atoms with E-state index in [1.165, 1.54) is 0 Å². The van der Waals surface area contributed by atoms with Gasteiger partial charge in [-0.2, -0.15) is 34.8 Å². The largest absolute Gasteiger partial charge is 0.434 e. The van der Waals surface area contributed by atoms with Gasteiger partial charge in [0.1, 0.15) is 0 Å². The summed E-state index contributed by atoms with van der Waals surface area (Å²) in [5.74, 6) is -5.38. The maximum absolute atomic E-state index is 12.9. The molecule has 2 rings (SSSR count). The van der Waals surface area contributed by atoms with Gasteiger partial charge in [-0.1, -0.05) is 0 Å². The monoisotopic (exact) mass is 422 g/mol. The summed E-state index contributed by atoms with van der Waals surface area (Å²) >= 11 is 0. The average Bonchev–Trinajstić information content (AvgIpc) is 2.78. The Morgan fingerprint density at radius 2 is 1.60 bits per heavy atom. The lowest BCUT2D eigenvalue weighted by atomic mass is 10.1. The number of alkyl halides is 6. The van der Waals surface area contributed by atoms with Crippen molar-refractivity contribution in [2.24, 2.45) is 5.92 Å². The Bertz CT molecular complexity index is 768. The summed E-state index contributed by atoms with van der Waals surface area (Å²) in [5.41, 5.74) is -1.59. The van der Waals surface area contributed by atoms with Gasteiger partial charge in [-0.25, -0.2) is 13.2 Å². The molecular formula is C9H8F6O8S2. The summed E-state index contributed by atoms with van der Waals surface area (Å²) in [5, 5.41) is 0. The Labute approximate surface area is 135 Å². The van der Waals surface area contributed by atoms with Crippen LogP contribution in [0.15, 0.2) is 0 Å². The molecule has 0 radical (unpaired) electrons. The van der Waals surface area contributed by atoms with Crippen LogP contribution in [0, 0.1) is 5.92 Å². The predicted molar refractivity (Wildman–Crippen MR) is 63.0 cm³/mol. The molecule has 0 aromatic rings. The number of ether oxygens (including phenoxy) is 2. The smallest absolute Gasteiger partial charge is 0.430 e. The molecule has 0 aliphatic carbocycles. The second-order valence-corrected chi connectivity index (χ2v) is 9.06. The number of fused-ring (bicyclic) bond motifs is 2. The van der Waals surface area contributed by atoms with Crippen LogP contribution in [0.2, 0.25) is 0 Å². The number of carbonyl (C=O) groups excluding carboxylic acids is 1. The van der Waals surface area contributed by atoms with Crippen molar-refractivity contribution in [3.63, 3.8) is 0 Å². The van der Waals surface area contributed by atoms with Gasteiger partial charge in [0.25, 0.3) is 0 Å². The summed E-state index contributed by atoms with van der Waals surface area (Å²) in [6.07, 6.45) is -16.1. The van der Waals surface area contributed by atoms with Crippen LogP contribution in [0.3, 0.4) is 0 Å². The molecule has 146 valence electrons. The summed E-state index contributed by atoms with van der Waals surface area (Å²) < 4.78 is 133. The summed E-state index contributed by atoms with van der Waals surface area (Å²) in [4.78, 5) is 11.6. The summed E-state index contributed by atoms with van der Waals surface area (Å²) in [6.45, 7) is 0. The third kappa shape index (κ3) is 2.87. The first-order chi connectivity index (χ1) is 10.9. The van der Waals surface area contributed by atoms with E-state index in [1.54, 1.807) is 0 Å². The molecule has 25 heavy (non-hydrogen) atoms. The van der Waals surface area contributed by atoms with E-state index in [-0.39, 0.29) is 6.42 Å². The van der Waals surface area contributed by atoms with Crippen molar-refractivity contribution in [2.45, 2.75) is 35.2 Å². The predicted octanol–water partition coefficient (Wildman–Crippen LogP) is 0.398. The highest BCUT2D eigenvalue weighted by atomic mass is 32.2. The third-order valence-corrected chi connectivity index (χ3v) is 7.11. The standard InChI is InChI=1S/C9H8F6O8S2/c10-8(11,12)7(9(13,14)15,25(19,20)21)6(16)23-5-3-1-4(22-5)24(17,18)2-3/h3-5H,1-2H2,(H,19,20,21). The molecule has 3 unspecified atom stereocenters. The fourth-order valence-corrected chi connectivity index (χ4v) is 5.33. The van der Waals surface area contributed by atoms with Gasteiger partial charge < -0.3 is 9.47 Å². The molecule has 0 amide bonds. The second-order valence-electron chi connectivity index (χ2n) is 5.32. The molecule has 2 bridgehead atoms. The molecule has 3 atom stereocenters. The van der Waals surface area contributed by atoms with Crippen molar-refractivity contribution in [2.75, 3.05) is 5.75 Å². The van der Waals surface area contributed by atoms with E-state index in [9.17, 15) is 48.0 Å². The van der Waals surface area contributed by atoms with Crippen LogP contribution in [0.25, 0.3) is 0 Å². The first-order valence-electron chi connectivity index (χ1n) is 6.14. The first kappa shape index (κ1) is 20.2. The third-order valence-electron chi connectivity index (χ3n) is 3.71. The van der Waals surface area contributed by atoms with Gasteiger partial charge in [0.2, 0.25) is 6.29 Å². The maximum atomic E-state index is 12.9. The van der Waals surface area contributed by atoms with Crippen LogP contribution in [-0.2, 0) is 34.2 Å². The van der Waals surface area contributed by atoms with E-state index < -0.39 is 66.4 Å². The molecule has 8 nitrogen and oxygen atoms in total. The van der Waals surface area contributed by atoms with Crippen LogP contribution < -0.4 is 0 Å². The zero-order chi connectivity index (χ0) is 19.6. The number of hydrogen-bond acceptors (Lipinski definition) is 7. The van der Waals surface area contributed by atoms with Crippen molar-refractivity contribution < 1.29 is 62.0 Å². The average molecular weight is 422 g/mol. The van der Waals surface area contributed by atoms with Crippen LogP contribution in [0.1, 0.15) is 6.42 Å². The van der Waals surface area contributed by atoms with Gasteiger partial charge >= 0.3 is 33.2 Å². The van der Waals surface area contributed by atoms with E-state index in [0.717, 1.165) is 0 Å². The topological polar surface area (TPSA) is 124 Å². The maximum Gasteiger partial charge on any atom is 0.430 e. The molecule has 1 N–H and O–H groups in total. The Balaban J connectivity index is 2.42. The molecule has 2 aliphatic rings. The SMILES string of the molecule is O=C(OC1OC2CC1CS2(=O)=O)C(C(F)(F)F)(C(F)(F)F)S(=O)(=O)O. The number of hydrogen-bond donors (Lipinski definition) is 1. The molecule has 16 heteroatoms. The van der Waals surface area contributed by atoms with Crippen LogP contribution in [-0.4, -0.2) is 61.9 Å². The second kappa shape index (κ2) is 5.43. The number of halogens is 6. The lowest BCUT2D eigenvalue weighted by Gasteiger charge is -2.33. The Hall–Kier alpha value is -1.13. The first-order valence-corrected chi connectivity index (χ1v) is 9.29. The van der Waals surface area contributed by atoms with E-state index in [1.807, 2.05) is 0 Å². The molecule has 0 spiro atoms. The fraction of sp³-hybridized carbons (Fsp3) is 0.889. The minimum absolute atomic E-state index is 0.350. The highest BCUT2D eigenvalue weighted by molar-refractivity contribution is 7.92. The van der Waals surface area contributed by atoms with E-state index >= 15 is 0 Å². The number of sulfone groups is 1. The van der Waals surface area contributed by atoms with Crippen molar-refractivity contribution in [1.82, 2.24) is 0 Å². The molecule has 0 aromatic heterocycles. The zero-order valence-electron chi connectivity index (χ0n) is 11.5.